The smallest absolute Gasteiger partial charge is 0.416 e. The fourth-order valence-corrected chi connectivity index (χ4v) is 5.75. The number of fused-ring (bicyclic) bond motifs is 3. The number of esters is 1. The summed E-state index contributed by atoms with van der Waals surface area (Å²) in [5.41, 5.74) is 0.578. The molecule has 0 unspecified atom stereocenters. The number of carbonyl (C=O) groups excluding carboxylic acids is 2. The van der Waals surface area contributed by atoms with E-state index >= 15 is 0 Å². The Morgan fingerprint density at radius 3 is 2.49 bits per heavy atom. The number of hydrogen-bond acceptors (Lipinski definition) is 7. The summed E-state index contributed by atoms with van der Waals surface area (Å²) in [5.74, 6) is -0.514. The minimum atomic E-state index is -4.45. The van der Waals surface area contributed by atoms with Crippen LogP contribution >= 0.6 is 0 Å². The van der Waals surface area contributed by atoms with E-state index in [4.69, 9.17) is 4.74 Å². The highest BCUT2D eigenvalue weighted by atomic mass is 19.4. The Kier molecular flexibility index (Phi) is 6.96. The van der Waals surface area contributed by atoms with Gasteiger partial charge in [-0.1, -0.05) is 0 Å². The number of piperidine rings is 1. The molecule has 5 rings (SSSR count). The Labute approximate surface area is 213 Å². The standard InChI is InChI=1S/C26H30F3N5O3/c1-2-37-24(36)17-6-10-32(11-7-17)23(35)20-15-18-14-19(26(27,28)29)4-5-21(18)34-13-12-33(16-22(20)34)25-30-8-3-9-31-25/h3-5,8-9,14,17,20,22H,2,6-7,10-13,15-16H2,1H3/t20-,22+/m0/s1. The second-order valence-corrected chi connectivity index (χ2v) is 9.76. The maximum Gasteiger partial charge on any atom is 0.416 e. The van der Waals surface area contributed by atoms with Crippen molar-refractivity contribution in [2.45, 2.75) is 38.4 Å². The lowest BCUT2D eigenvalue weighted by Crippen LogP contribution is -2.62. The van der Waals surface area contributed by atoms with Crippen LogP contribution in [0.15, 0.2) is 36.7 Å². The first-order chi connectivity index (χ1) is 17.8. The van der Waals surface area contributed by atoms with Crippen molar-refractivity contribution in [1.82, 2.24) is 14.9 Å². The zero-order chi connectivity index (χ0) is 26.2. The molecule has 37 heavy (non-hydrogen) atoms. The lowest BCUT2D eigenvalue weighted by molar-refractivity contribution is -0.152. The third-order valence-corrected chi connectivity index (χ3v) is 7.62. The Morgan fingerprint density at radius 2 is 1.81 bits per heavy atom. The van der Waals surface area contributed by atoms with Crippen molar-refractivity contribution in [1.29, 1.82) is 0 Å². The highest BCUT2D eigenvalue weighted by Gasteiger charge is 2.45. The number of hydrogen-bond donors (Lipinski definition) is 0. The van der Waals surface area contributed by atoms with E-state index in [1.165, 1.54) is 12.1 Å². The molecule has 0 N–H and O–H groups in total. The van der Waals surface area contributed by atoms with Crippen molar-refractivity contribution in [3.63, 3.8) is 0 Å². The third kappa shape index (κ3) is 5.08. The molecule has 0 bridgehead atoms. The first-order valence-corrected chi connectivity index (χ1v) is 12.7. The molecular weight excluding hydrogens is 487 g/mol. The van der Waals surface area contributed by atoms with Crippen LogP contribution < -0.4 is 9.80 Å². The summed E-state index contributed by atoms with van der Waals surface area (Å²) in [6, 6.07) is 5.33. The Bertz CT molecular complexity index is 1140. The van der Waals surface area contributed by atoms with E-state index in [9.17, 15) is 22.8 Å². The molecule has 198 valence electrons. The van der Waals surface area contributed by atoms with E-state index in [0.29, 0.717) is 63.7 Å². The molecule has 2 saturated heterocycles. The van der Waals surface area contributed by atoms with Crippen LogP contribution in [-0.4, -0.2) is 72.1 Å². The number of halogens is 3. The highest BCUT2D eigenvalue weighted by Crippen LogP contribution is 2.40. The van der Waals surface area contributed by atoms with Crippen molar-refractivity contribution in [2.75, 3.05) is 49.1 Å². The highest BCUT2D eigenvalue weighted by molar-refractivity contribution is 5.83. The van der Waals surface area contributed by atoms with Gasteiger partial charge in [-0.15, -0.1) is 0 Å². The van der Waals surface area contributed by atoms with Crippen molar-refractivity contribution >= 4 is 23.5 Å². The second-order valence-electron chi connectivity index (χ2n) is 9.76. The molecule has 2 fully saturated rings. The van der Waals surface area contributed by atoms with E-state index in [1.54, 1.807) is 30.3 Å². The molecule has 11 heteroatoms. The minimum Gasteiger partial charge on any atom is -0.466 e. The van der Waals surface area contributed by atoms with Crippen LogP contribution in [0.5, 0.6) is 0 Å². The molecule has 3 aliphatic heterocycles. The third-order valence-electron chi connectivity index (χ3n) is 7.62. The van der Waals surface area contributed by atoms with Crippen molar-refractivity contribution in [2.24, 2.45) is 11.8 Å². The van der Waals surface area contributed by atoms with Gasteiger partial charge in [0.15, 0.2) is 0 Å². The first-order valence-electron chi connectivity index (χ1n) is 12.7. The minimum absolute atomic E-state index is 0.0869. The number of rotatable bonds is 4. The van der Waals surface area contributed by atoms with Gasteiger partial charge < -0.3 is 19.4 Å². The van der Waals surface area contributed by atoms with Crippen molar-refractivity contribution in [3.05, 3.63) is 47.8 Å². The normalized spacial score (nSPS) is 22.3. The summed E-state index contributed by atoms with van der Waals surface area (Å²) in [5, 5.41) is 0. The van der Waals surface area contributed by atoms with Gasteiger partial charge in [-0.3, -0.25) is 9.59 Å². The zero-order valence-corrected chi connectivity index (χ0v) is 20.7. The predicted octanol–water partition coefficient (Wildman–Crippen LogP) is 3.16. The van der Waals surface area contributed by atoms with Crippen molar-refractivity contribution < 1.29 is 27.5 Å². The maximum absolute atomic E-state index is 13.9. The predicted molar refractivity (Wildman–Crippen MR) is 130 cm³/mol. The van der Waals surface area contributed by atoms with Gasteiger partial charge in [0.25, 0.3) is 0 Å². The van der Waals surface area contributed by atoms with E-state index < -0.39 is 17.7 Å². The number of amides is 1. The lowest BCUT2D eigenvalue weighted by atomic mass is 9.82. The molecule has 3 aliphatic rings. The Morgan fingerprint density at radius 1 is 1.08 bits per heavy atom. The fraction of sp³-hybridized carbons (Fsp3) is 0.538. The first kappa shape index (κ1) is 25.3. The number of carbonyl (C=O) groups is 2. The van der Waals surface area contributed by atoms with Crippen LogP contribution in [0.4, 0.5) is 24.8 Å². The van der Waals surface area contributed by atoms with Gasteiger partial charge in [-0.05, 0) is 56.0 Å². The molecule has 0 saturated carbocycles. The molecule has 1 aromatic carbocycles. The van der Waals surface area contributed by atoms with Gasteiger partial charge in [0.05, 0.1) is 30.0 Å². The average Bonchev–Trinajstić information content (AvgIpc) is 2.91. The number of aromatic nitrogens is 2. The number of nitrogens with zero attached hydrogens (tertiary/aromatic N) is 5. The van der Waals surface area contributed by atoms with E-state index in [2.05, 4.69) is 14.9 Å². The molecule has 1 amide bonds. The molecule has 8 nitrogen and oxygen atoms in total. The summed E-state index contributed by atoms with van der Waals surface area (Å²) >= 11 is 0. The number of anilines is 2. The van der Waals surface area contributed by atoms with E-state index in [1.807, 2.05) is 4.90 Å². The summed E-state index contributed by atoms with van der Waals surface area (Å²) in [6.45, 7) is 4.54. The molecular formula is C26H30F3N5O3. The van der Waals surface area contributed by atoms with Gasteiger partial charge in [-0.2, -0.15) is 13.2 Å². The number of likely N-dealkylation sites (tertiary alicyclic amines) is 1. The van der Waals surface area contributed by atoms with Crippen LogP contribution in [0.25, 0.3) is 0 Å². The average molecular weight is 518 g/mol. The monoisotopic (exact) mass is 517 g/mol. The summed E-state index contributed by atoms with van der Waals surface area (Å²) in [4.78, 5) is 40.6. The van der Waals surface area contributed by atoms with E-state index in [0.717, 1.165) is 11.8 Å². The Balaban J connectivity index is 1.41. The van der Waals surface area contributed by atoms with Gasteiger partial charge >= 0.3 is 12.1 Å². The molecule has 0 spiro atoms. The van der Waals surface area contributed by atoms with Crippen LogP contribution in [0, 0.1) is 11.8 Å². The van der Waals surface area contributed by atoms with Crippen LogP contribution in [0.1, 0.15) is 30.9 Å². The van der Waals surface area contributed by atoms with Crippen LogP contribution in [0.3, 0.4) is 0 Å². The van der Waals surface area contributed by atoms with Crippen LogP contribution in [-0.2, 0) is 26.9 Å². The molecule has 0 aliphatic carbocycles. The number of piperazine rings is 1. The van der Waals surface area contributed by atoms with Gasteiger partial charge in [0, 0.05) is 50.8 Å². The topological polar surface area (TPSA) is 78.9 Å². The molecule has 0 radical (unpaired) electrons. The maximum atomic E-state index is 13.9. The lowest BCUT2D eigenvalue weighted by Gasteiger charge is -2.50. The molecule has 2 aromatic rings. The number of alkyl halides is 3. The van der Waals surface area contributed by atoms with Gasteiger partial charge in [0.1, 0.15) is 0 Å². The summed E-state index contributed by atoms with van der Waals surface area (Å²) in [7, 11) is 0. The quantitative estimate of drug-likeness (QED) is 0.577. The molecule has 4 heterocycles. The van der Waals surface area contributed by atoms with Crippen molar-refractivity contribution in [3.8, 4) is 0 Å². The zero-order valence-electron chi connectivity index (χ0n) is 20.7. The largest absolute Gasteiger partial charge is 0.466 e. The van der Waals surface area contributed by atoms with Gasteiger partial charge in [-0.25, -0.2) is 9.97 Å². The van der Waals surface area contributed by atoms with Gasteiger partial charge in [0.2, 0.25) is 11.9 Å². The summed E-state index contributed by atoms with van der Waals surface area (Å²) in [6.07, 6.45) is 0.138. The molecule has 1 aromatic heterocycles. The van der Waals surface area contributed by atoms with Crippen LogP contribution in [0.2, 0.25) is 0 Å². The van der Waals surface area contributed by atoms with E-state index in [-0.39, 0.29) is 30.3 Å². The number of ether oxygens (including phenoxy) is 1. The number of benzene rings is 1. The fourth-order valence-electron chi connectivity index (χ4n) is 5.75. The SMILES string of the molecule is CCOC(=O)C1CCN(C(=O)[C@H]2Cc3cc(C(F)(F)F)ccc3N3CCN(c4ncccn4)C[C@H]23)CC1. The summed E-state index contributed by atoms with van der Waals surface area (Å²) < 4.78 is 45.6. The molecule has 2 atom stereocenters. The second kappa shape index (κ2) is 10.2. The Hall–Kier alpha value is -3.37.